The van der Waals surface area contributed by atoms with E-state index in [0.717, 1.165) is 30.2 Å². The number of hydrogen-bond donors (Lipinski definition) is 1. The highest BCUT2D eigenvalue weighted by Crippen LogP contribution is 2.44. The summed E-state index contributed by atoms with van der Waals surface area (Å²) in [5.74, 6) is 1.87. The Labute approximate surface area is 147 Å². The molecule has 3 aliphatic heterocycles. The molecule has 2 atom stereocenters. The third-order valence-corrected chi connectivity index (χ3v) is 6.51. The van der Waals surface area contributed by atoms with Crippen molar-refractivity contribution in [1.29, 1.82) is 0 Å². The third-order valence-electron chi connectivity index (χ3n) is 5.12. The van der Waals surface area contributed by atoms with Crippen LogP contribution in [0.1, 0.15) is 30.7 Å². The SMILES string of the molecule is C[C@@H]1S[C@H](c2ccc3c(c2)OCCO3)N(CC[NH+]2CCCC2)C1=O. The van der Waals surface area contributed by atoms with Crippen LogP contribution in [-0.2, 0) is 4.79 Å². The van der Waals surface area contributed by atoms with Gasteiger partial charge in [0, 0.05) is 12.8 Å². The molecule has 0 unspecified atom stereocenters. The molecule has 1 aromatic carbocycles. The number of quaternary nitrogens is 1. The Morgan fingerprint density at radius 1 is 1.21 bits per heavy atom. The second kappa shape index (κ2) is 6.84. The van der Waals surface area contributed by atoms with E-state index in [9.17, 15) is 4.79 Å². The second-order valence-corrected chi connectivity index (χ2v) is 8.20. The highest BCUT2D eigenvalue weighted by atomic mass is 32.2. The van der Waals surface area contributed by atoms with E-state index in [1.165, 1.54) is 25.9 Å². The van der Waals surface area contributed by atoms with Crippen molar-refractivity contribution in [2.45, 2.75) is 30.4 Å². The van der Waals surface area contributed by atoms with Gasteiger partial charge < -0.3 is 19.3 Å². The van der Waals surface area contributed by atoms with Crippen molar-refractivity contribution in [3.63, 3.8) is 0 Å². The largest absolute Gasteiger partial charge is 0.486 e. The van der Waals surface area contributed by atoms with Gasteiger partial charge in [0.2, 0.25) is 5.91 Å². The number of nitrogens with zero attached hydrogens (tertiary/aromatic N) is 1. The molecule has 0 spiro atoms. The van der Waals surface area contributed by atoms with Crippen molar-refractivity contribution in [2.24, 2.45) is 0 Å². The van der Waals surface area contributed by atoms with E-state index in [-0.39, 0.29) is 16.5 Å². The van der Waals surface area contributed by atoms with Gasteiger partial charge >= 0.3 is 0 Å². The monoisotopic (exact) mass is 349 g/mol. The molecule has 24 heavy (non-hydrogen) atoms. The fraction of sp³-hybridized carbons (Fsp3) is 0.611. The van der Waals surface area contributed by atoms with Crippen LogP contribution >= 0.6 is 11.8 Å². The van der Waals surface area contributed by atoms with E-state index in [0.29, 0.717) is 13.2 Å². The van der Waals surface area contributed by atoms with Gasteiger partial charge in [0.15, 0.2) is 11.5 Å². The smallest absolute Gasteiger partial charge is 0.236 e. The van der Waals surface area contributed by atoms with Gasteiger partial charge in [0.05, 0.1) is 31.4 Å². The van der Waals surface area contributed by atoms with Gasteiger partial charge in [-0.2, -0.15) is 0 Å². The zero-order valence-electron chi connectivity index (χ0n) is 14.1. The standard InChI is InChI=1S/C18H24N2O3S/c1-13-17(21)20(9-8-19-6-2-3-7-19)18(24-13)14-4-5-15-16(12-14)23-11-10-22-15/h4-5,12-13,18H,2-3,6-11H2,1H3/p+1/t13-,18+/m0/s1. The number of rotatable bonds is 4. The number of thioether (sulfide) groups is 1. The molecule has 0 aliphatic carbocycles. The van der Waals surface area contributed by atoms with Crippen LogP contribution in [0.4, 0.5) is 0 Å². The van der Waals surface area contributed by atoms with Gasteiger partial charge in [-0.1, -0.05) is 6.07 Å². The molecular formula is C18H25N2O3S+. The minimum absolute atomic E-state index is 0.0248. The lowest BCUT2D eigenvalue weighted by atomic mass is 10.1. The molecule has 4 rings (SSSR count). The summed E-state index contributed by atoms with van der Waals surface area (Å²) in [6.45, 7) is 7.60. The van der Waals surface area contributed by atoms with Crippen LogP contribution in [0.5, 0.6) is 11.5 Å². The van der Waals surface area contributed by atoms with Gasteiger partial charge in [-0.25, -0.2) is 0 Å². The maximum absolute atomic E-state index is 12.6. The average molecular weight is 349 g/mol. The van der Waals surface area contributed by atoms with Crippen molar-refractivity contribution in [2.75, 3.05) is 39.4 Å². The van der Waals surface area contributed by atoms with Crippen LogP contribution in [0.2, 0.25) is 0 Å². The van der Waals surface area contributed by atoms with E-state index >= 15 is 0 Å². The molecule has 1 N–H and O–H groups in total. The Morgan fingerprint density at radius 2 is 1.96 bits per heavy atom. The summed E-state index contributed by atoms with van der Waals surface area (Å²) in [6.07, 6.45) is 2.64. The van der Waals surface area contributed by atoms with Crippen molar-refractivity contribution in [3.8, 4) is 11.5 Å². The van der Waals surface area contributed by atoms with Crippen molar-refractivity contribution in [3.05, 3.63) is 23.8 Å². The van der Waals surface area contributed by atoms with E-state index in [4.69, 9.17) is 9.47 Å². The fourth-order valence-corrected chi connectivity index (χ4v) is 5.08. The first-order valence-corrected chi connectivity index (χ1v) is 9.86. The van der Waals surface area contributed by atoms with Crippen molar-refractivity contribution in [1.82, 2.24) is 4.90 Å². The molecule has 2 saturated heterocycles. The molecule has 6 heteroatoms. The highest BCUT2D eigenvalue weighted by Gasteiger charge is 2.39. The Bertz CT molecular complexity index is 618. The Balaban J connectivity index is 1.52. The number of amides is 1. The Morgan fingerprint density at radius 3 is 2.75 bits per heavy atom. The summed E-state index contributed by atoms with van der Waals surface area (Å²) in [5.41, 5.74) is 1.14. The minimum atomic E-state index is 0.0248. The van der Waals surface area contributed by atoms with Crippen LogP contribution in [-0.4, -0.2) is 55.4 Å². The molecule has 2 fully saturated rings. The van der Waals surface area contributed by atoms with Crippen LogP contribution in [0.25, 0.3) is 0 Å². The van der Waals surface area contributed by atoms with E-state index in [2.05, 4.69) is 11.0 Å². The summed E-state index contributed by atoms with van der Waals surface area (Å²) in [6, 6.07) is 6.10. The van der Waals surface area contributed by atoms with Crippen molar-refractivity contribution < 1.29 is 19.2 Å². The van der Waals surface area contributed by atoms with Gasteiger partial charge in [-0.15, -0.1) is 11.8 Å². The highest BCUT2D eigenvalue weighted by molar-refractivity contribution is 8.01. The summed E-state index contributed by atoms with van der Waals surface area (Å²) in [5, 5.41) is 0.113. The maximum atomic E-state index is 12.6. The number of nitrogens with one attached hydrogen (secondary N) is 1. The summed E-state index contributed by atoms with van der Waals surface area (Å²) < 4.78 is 11.3. The summed E-state index contributed by atoms with van der Waals surface area (Å²) >= 11 is 1.74. The molecule has 5 nitrogen and oxygen atoms in total. The zero-order valence-corrected chi connectivity index (χ0v) is 14.9. The van der Waals surface area contributed by atoms with Gasteiger partial charge in [0.1, 0.15) is 18.6 Å². The lowest BCUT2D eigenvalue weighted by molar-refractivity contribution is -0.886. The number of hydrogen-bond acceptors (Lipinski definition) is 4. The molecule has 0 aromatic heterocycles. The maximum Gasteiger partial charge on any atom is 0.236 e. The molecule has 0 saturated carbocycles. The van der Waals surface area contributed by atoms with Gasteiger partial charge in [-0.3, -0.25) is 4.79 Å². The molecule has 130 valence electrons. The summed E-state index contributed by atoms with van der Waals surface area (Å²) in [4.78, 5) is 16.3. The Hall–Kier alpha value is -1.40. The van der Waals surface area contributed by atoms with Crippen LogP contribution < -0.4 is 14.4 Å². The van der Waals surface area contributed by atoms with Crippen LogP contribution in [0, 0.1) is 0 Å². The van der Waals surface area contributed by atoms with Gasteiger partial charge in [0.25, 0.3) is 0 Å². The van der Waals surface area contributed by atoms with E-state index in [1.54, 1.807) is 16.7 Å². The quantitative estimate of drug-likeness (QED) is 0.884. The number of carbonyl (C=O) groups is 1. The topological polar surface area (TPSA) is 43.2 Å². The molecule has 1 amide bonds. The average Bonchev–Trinajstić information content (AvgIpc) is 3.22. The zero-order chi connectivity index (χ0) is 16.5. The number of likely N-dealkylation sites (tertiary alicyclic amines) is 1. The van der Waals surface area contributed by atoms with Gasteiger partial charge in [-0.05, 0) is 24.6 Å². The van der Waals surface area contributed by atoms with Crippen LogP contribution in [0.3, 0.4) is 0 Å². The minimum Gasteiger partial charge on any atom is -0.486 e. The number of carbonyl (C=O) groups excluding carboxylic acids is 1. The molecule has 0 bridgehead atoms. The Kier molecular flexibility index (Phi) is 4.59. The number of ether oxygens (including phenoxy) is 2. The molecular weight excluding hydrogens is 324 g/mol. The normalized spacial score (nSPS) is 27.0. The fourth-order valence-electron chi connectivity index (χ4n) is 3.78. The summed E-state index contributed by atoms with van der Waals surface area (Å²) in [7, 11) is 0. The number of fused-ring (bicyclic) bond motifs is 1. The molecule has 3 aliphatic rings. The van der Waals surface area contributed by atoms with Crippen LogP contribution in [0.15, 0.2) is 18.2 Å². The van der Waals surface area contributed by atoms with E-state index in [1.807, 2.05) is 19.1 Å². The lowest BCUT2D eigenvalue weighted by Crippen LogP contribution is -3.10. The second-order valence-electron chi connectivity index (χ2n) is 6.77. The third kappa shape index (κ3) is 3.09. The first-order chi connectivity index (χ1) is 11.7. The number of benzene rings is 1. The molecule has 0 radical (unpaired) electrons. The predicted molar refractivity (Wildman–Crippen MR) is 93.7 cm³/mol. The lowest BCUT2D eigenvalue weighted by Gasteiger charge is -2.26. The molecule has 1 aromatic rings. The molecule has 3 heterocycles. The predicted octanol–water partition coefficient (Wildman–Crippen LogP) is 1.10. The first-order valence-electron chi connectivity index (χ1n) is 8.91. The first kappa shape index (κ1) is 16.1. The van der Waals surface area contributed by atoms with Crippen molar-refractivity contribution >= 4 is 17.7 Å². The van der Waals surface area contributed by atoms with E-state index < -0.39 is 0 Å².